The summed E-state index contributed by atoms with van der Waals surface area (Å²) in [4.78, 5) is 13.7. The zero-order valence-corrected chi connectivity index (χ0v) is 14.5. The van der Waals surface area contributed by atoms with E-state index in [1.54, 1.807) is 0 Å². The fraction of sp³-hybridized carbons (Fsp3) is 0.933. The topological polar surface area (TPSA) is 44.4 Å². The molecule has 1 aliphatic rings. The Morgan fingerprint density at radius 1 is 1.40 bits per heavy atom. The third kappa shape index (κ3) is 5.92. The van der Waals surface area contributed by atoms with Crippen LogP contribution in [0.15, 0.2) is 0 Å². The number of nitrogens with zero attached hydrogens (tertiary/aromatic N) is 1. The number of amides is 2. The lowest BCUT2D eigenvalue weighted by atomic mass is 10.00. The Morgan fingerprint density at radius 3 is 2.50 bits per heavy atom. The summed E-state index contributed by atoms with van der Waals surface area (Å²) >= 11 is 1.93. The van der Waals surface area contributed by atoms with Gasteiger partial charge in [-0.1, -0.05) is 13.8 Å². The van der Waals surface area contributed by atoms with E-state index in [9.17, 15) is 4.79 Å². The second-order valence-electron chi connectivity index (χ2n) is 6.33. The highest BCUT2D eigenvalue weighted by Crippen LogP contribution is 2.27. The van der Waals surface area contributed by atoms with Crippen LogP contribution in [-0.4, -0.2) is 53.7 Å². The van der Waals surface area contributed by atoms with Gasteiger partial charge in [0.1, 0.15) is 0 Å². The summed E-state index contributed by atoms with van der Waals surface area (Å²) in [6, 6.07) is 1.16. The molecular formula is C15H31N3OS. The average Bonchev–Trinajstić information content (AvgIpc) is 2.39. The molecule has 0 spiro atoms. The summed E-state index contributed by atoms with van der Waals surface area (Å²) in [6.45, 7) is 11.3. The number of urea groups is 1. The predicted molar refractivity (Wildman–Crippen MR) is 88.5 cm³/mol. The van der Waals surface area contributed by atoms with Crippen LogP contribution in [0.2, 0.25) is 0 Å². The van der Waals surface area contributed by atoms with E-state index in [1.165, 1.54) is 6.42 Å². The molecule has 0 aliphatic carbocycles. The number of hydrogen-bond donors (Lipinski definition) is 2. The van der Waals surface area contributed by atoms with Crippen LogP contribution in [0.4, 0.5) is 4.79 Å². The molecule has 0 bridgehead atoms. The van der Waals surface area contributed by atoms with Crippen LogP contribution >= 0.6 is 11.8 Å². The van der Waals surface area contributed by atoms with Gasteiger partial charge in [0.2, 0.25) is 0 Å². The van der Waals surface area contributed by atoms with E-state index in [0.717, 1.165) is 25.9 Å². The largest absolute Gasteiger partial charge is 0.338 e. The lowest BCUT2D eigenvalue weighted by molar-refractivity contribution is 0.174. The van der Waals surface area contributed by atoms with E-state index in [4.69, 9.17) is 0 Å². The molecule has 0 aromatic heterocycles. The monoisotopic (exact) mass is 301 g/mol. The number of thioether (sulfide) groups is 1. The number of carbonyl (C=O) groups excluding carboxylic acids is 1. The van der Waals surface area contributed by atoms with Gasteiger partial charge in [0.15, 0.2) is 0 Å². The van der Waals surface area contributed by atoms with Crippen molar-refractivity contribution < 1.29 is 4.79 Å². The number of rotatable bonds is 6. The maximum Gasteiger partial charge on any atom is 0.317 e. The third-order valence-corrected chi connectivity index (χ3v) is 5.25. The van der Waals surface area contributed by atoms with Crippen molar-refractivity contribution in [2.75, 3.05) is 25.9 Å². The lowest BCUT2D eigenvalue weighted by Crippen LogP contribution is -2.50. The Morgan fingerprint density at radius 2 is 2.00 bits per heavy atom. The summed E-state index contributed by atoms with van der Waals surface area (Å²) in [5.74, 6) is 0. The molecule has 0 unspecified atom stereocenters. The van der Waals surface area contributed by atoms with Crippen LogP contribution < -0.4 is 10.6 Å². The van der Waals surface area contributed by atoms with Gasteiger partial charge in [-0.05, 0) is 39.4 Å². The smallest absolute Gasteiger partial charge is 0.317 e. The molecule has 1 atom stereocenters. The third-order valence-electron chi connectivity index (χ3n) is 3.98. The lowest BCUT2D eigenvalue weighted by Gasteiger charge is -2.35. The Balaban J connectivity index is 2.30. The van der Waals surface area contributed by atoms with E-state index >= 15 is 0 Å². The van der Waals surface area contributed by atoms with Crippen LogP contribution in [0.25, 0.3) is 0 Å². The molecule has 0 aromatic carbocycles. The maximum absolute atomic E-state index is 11.7. The molecule has 1 aliphatic heterocycles. The fourth-order valence-corrected chi connectivity index (χ4v) is 3.21. The Bertz CT molecular complexity index is 301. The minimum absolute atomic E-state index is 0.0857. The SMILES string of the molecule is CCNC(=O)N1CCC(N[C@@H](C)CC(C)(C)SC)CC1. The zero-order valence-electron chi connectivity index (χ0n) is 13.7. The number of hydrogen-bond acceptors (Lipinski definition) is 3. The van der Waals surface area contributed by atoms with Crippen molar-refractivity contribution in [1.29, 1.82) is 0 Å². The minimum atomic E-state index is 0.0857. The Kier molecular flexibility index (Phi) is 7.17. The number of piperidine rings is 1. The van der Waals surface area contributed by atoms with Gasteiger partial charge in [0.05, 0.1) is 0 Å². The van der Waals surface area contributed by atoms with E-state index in [0.29, 0.717) is 23.4 Å². The predicted octanol–water partition coefficient (Wildman–Crippen LogP) is 2.69. The first-order valence-electron chi connectivity index (χ1n) is 7.72. The molecule has 118 valence electrons. The molecular weight excluding hydrogens is 270 g/mol. The molecule has 2 amide bonds. The van der Waals surface area contributed by atoms with Gasteiger partial charge in [0.25, 0.3) is 0 Å². The molecule has 2 N–H and O–H groups in total. The summed E-state index contributed by atoms with van der Waals surface area (Å²) in [5, 5.41) is 6.60. The summed E-state index contributed by atoms with van der Waals surface area (Å²) in [6.07, 6.45) is 5.46. The highest BCUT2D eigenvalue weighted by atomic mass is 32.2. The van der Waals surface area contributed by atoms with Crippen molar-refractivity contribution in [2.45, 2.75) is 63.8 Å². The Hall–Kier alpha value is -0.420. The highest BCUT2D eigenvalue weighted by molar-refractivity contribution is 7.99. The number of likely N-dealkylation sites (tertiary alicyclic amines) is 1. The van der Waals surface area contributed by atoms with Crippen molar-refractivity contribution in [1.82, 2.24) is 15.5 Å². The molecule has 0 saturated carbocycles. The maximum atomic E-state index is 11.7. The van der Waals surface area contributed by atoms with Gasteiger partial charge in [-0.15, -0.1) is 0 Å². The summed E-state index contributed by atoms with van der Waals surface area (Å²) < 4.78 is 0.328. The zero-order chi connectivity index (χ0) is 15.2. The van der Waals surface area contributed by atoms with Gasteiger partial charge < -0.3 is 15.5 Å². The van der Waals surface area contributed by atoms with Crippen molar-refractivity contribution >= 4 is 17.8 Å². The van der Waals surface area contributed by atoms with Crippen molar-refractivity contribution in [3.05, 3.63) is 0 Å². The van der Waals surface area contributed by atoms with E-state index in [-0.39, 0.29) is 6.03 Å². The van der Waals surface area contributed by atoms with Gasteiger partial charge in [-0.3, -0.25) is 0 Å². The van der Waals surface area contributed by atoms with E-state index < -0.39 is 0 Å². The first-order chi connectivity index (χ1) is 9.38. The Labute approximate surface area is 128 Å². The molecule has 1 heterocycles. The van der Waals surface area contributed by atoms with Crippen LogP contribution in [0.5, 0.6) is 0 Å². The van der Waals surface area contributed by atoms with Gasteiger partial charge in [0, 0.05) is 36.5 Å². The van der Waals surface area contributed by atoms with Crippen LogP contribution in [0.1, 0.15) is 47.0 Å². The van der Waals surface area contributed by atoms with Crippen LogP contribution in [0, 0.1) is 0 Å². The van der Waals surface area contributed by atoms with Crippen LogP contribution in [0.3, 0.4) is 0 Å². The molecule has 4 nitrogen and oxygen atoms in total. The van der Waals surface area contributed by atoms with Crippen molar-refractivity contribution in [3.63, 3.8) is 0 Å². The molecule has 1 saturated heterocycles. The quantitative estimate of drug-likeness (QED) is 0.793. The summed E-state index contributed by atoms with van der Waals surface area (Å²) in [5.41, 5.74) is 0. The number of nitrogens with one attached hydrogen (secondary N) is 2. The van der Waals surface area contributed by atoms with Gasteiger partial charge in [-0.25, -0.2) is 4.79 Å². The minimum Gasteiger partial charge on any atom is -0.338 e. The summed E-state index contributed by atoms with van der Waals surface area (Å²) in [7, 11) is 0. The molecule has 0 aromatic rings. The first-order valence-corrected chi connectivity index (χ1v) is 8.94. The molecule has 20 heavy (non-hydrogen) atoms. The standard InChI is InChI=1S/C15H31N3OS/c1-6-16-14(19)18-9-7-13(8-10-18)17-12(2)11-15(3,4)20-5/h12-13,17H,6-11H2,1-5H3,(H,16,19)/t12-/m0/s1. The van der Waals surface area contributed by atoms with Crippen LogP contribution in [-0.2, 0) is 0 Å². The molecule has 1 rings (SSSR count). The molecule has 5 heteroatoms. The average molecular weight is 302 g/mol. The normalized spacial score (nSPS) is 18.9. The van der Waals surface area contributed by atoms with Crippen molar-refractivity contribution in [3.8, 4) is 0 Å². The number of carbonyl (C=O) groups is 1. The first kappa shape index (κ1) is 17.6. The van der Waals surface area contributed by atoms with Crippen molar-refractivity contribution in [2.24, 2.45) is 0 Å². The second kappa shape index (κ2) is 8.13. The van der Waals surface area contributed by atoms with Gasteiger partial charge >= 0.3 is 6.03 Å². The highest BCUT2D eigenvalue weighted by Gasteiger charge is 2.25. The van der Waals surface area contributed by atoms with E-state index in [2.05, 4.69) is 37.7 Å². The fourth-order valence-electron chi connectivity index (χ4n) is 2.79. The van der Waals surface area contributed by atoms with Gasteiger partial charge in [-0.2, -0.15) is 11.8 Å². The second-order valence-corrected chi connectivity index (χ2v) is 7.85. The van der Waals surface area contributed by atoms with E-state index in [1.807, 2.05) is 23.6 Å². The molecule has 0 radical (unpaired) electrons. The molecule has 1 fully saturated rings.